The fourth-order valence-electron chi connectivity index (χ4n) is 2.22. The van der Waals surface area contributed by atoms with Crippen LogP contribution in [0.4, 0.5) is 0 Å². The van der Waals surface area contributed by atoms with Crippen LogP contribution in [0.15, 0.2) is 34.1 Å². The summed E-state index contributed by atoms with van der Waals surface area (Å²) in [5.74, 6) is 0.125. The Kier molecular flexibility index (Phi) is 3.58. The minimum absolute atomic E-state index is 0.125. The van der Waals surface area contributed by atoms with Crippen LogP contribution in [0.2, 0.25) is 0 Å². The lowest BCUT2D eigenvalue weighted by atomic mass is 10.1. The number of aryl methyl sites for hydroxylation is 1. The summed E-state index contributed by atoms with van der Waals surface area (Å²) in [6.07, 6.45) is 0. The number of para-hydroxylation sites is 1. The van der Waals surface area contributed by atoms with Crippen molar-refractivity contribution < 1.29 is 4.79 Å². The Morgan fingerprint density at radius 3 is 2.95 bits per heavy atom. The molecule has 102 valence electrons. The first kappa shape index (κ1) is 13.3. The third-order valence-electron chi connectivity index (χ3n) is 3.13. The summed E-state index contributed by atoms with van der Waals surface area (Å²) in [7, 11) is 0. The summed E-state index contributed by atoms with van der Waals surface area (Å²) in [5.41, 5.74) is 4.38. The second-order valence-electron chi connectivity index (χ2n) is 4.50. The molecule has 0 aliphatic carbocycles. The van der Waals surface area contributed by atoms with E-state index < -0.39 is 0 Å². The van der Waals surface area contributed by atoms with Crippen LogP contribution in [0.3, 0.4) is 0 Å². The number of hydrogen-bond acceptors (Lipinski definition) is 5. The average molecular weight is 303 g/mol. The summed E-state index contributed by atoms with van der Waals surface area (Å²) in [6, 6.07) is 7.89. The lowest BCUT2D eigenvalue weighted by Crippen LogP contribution is -2.14. The molecular weight excluding hydrogens is 290 g/mol. The van der Waals surface area contributed by atoms with Crippen LogP contribution >= 0.6 is 23.1 Å². The predicted molar refractivity (Wildman–Crippen MR) is 82.6 cm³/mol. The van der Waals surface area contributed by atoms with Crippen LogP contribution < -0.4 is 0 Å². The van der Waals surface area contributed by atoms with E-state index in [1.54, 1.807) is 5.51 Å². The molecule has 0 saturated heterocycles. The van der Waals surface area contributed by atoms with Crippen molar-refractivity contribution in [3.8, 4) is 0 Å². The van der Waals surface area contributed by atoms with Gasteiger partial charge in [0.05, 0.1) is 5.25 Å². The first-order chi connectivity index (χ1) is 9.66. The molecule has 6 heteroatoms. The lowest BCUT2D eigenvalue weighted by molar-refractivity contribution is 0.0995. The first-order valence-corrected chi connectivity index (χ1v) is 7.97. The number of H-pyrrole nitrogens is 1. The van der Waals surface area contributed by atoms with Crippen molar-refractivity contribution in [3.05, 3.63) is 41.0 Å². The fraction of sp³-hybridized carbons (Fsp3) is 0.214. The van der Waals surface area contributed by atoms with Gasteiger partial charge in [0.25, 0.3) is 0 Å². The van der Waals surface area contributed by atoms with Crippen molar-refractivity contribution in [1.82, 2.24) is 15.2 Å². The summed E-state index contributed by atoms with van der Waals surface area (Å²) >= 11 is 2.91. The highest BCUT2D eigenvalue weighted by molar-refractivity contribution is 8.02. The number of hydrogen-bond donors (Lipinski definition) is 1. The third-order valence-corrected chi connectivity index (χ3v) is 5.04. The molecule has 1 aromatic carbocycles. The molecular formula is C14H13N3OS2. The summed E-state index contributed by atoms with van der Waals surface area (Å²) in [6.45, 7) is 3.85. The molecule has 2 aromatic heterocycles. The van der Waals surface area contributed by atoms with E-state index in [0.717, 1.165) is 26.5 Å². The Morgan fingerprint density at radius 2 is 2.20 bits per heavy atom. The maximum atomic E-state index is 12.7. The second-order valence-corrected chi connectivity index (χ2v) is 6.92. The van der Waals surface area contributed by atoms with Crippen LogP contribution in [0, 0.1) is 6.92 Å². The highest BCUT2D eigenvalue weighted by atomic mass is 32.2. The van der Waals surface area contributed by atoms with E-state index in [4.69, 9.17) is 0 Å². The molecule has 0 amide bonds. The van der Waals surface area contributed by atoms with Gasteiger partial charge in [0.15, 0.2) is 10.1 Å². The van der Waals surface area contributed by atoms with Crippen molar-refractivity contribution in [2.45, 2.75) is 23.4 Å². The van der Waals surface area contributed by atoms with Crippen molar-refractivity contribution >= 4 is 39.8 Å². The molecule has 4 nitrogen and oxygen atoms in total. The number of aromatic amines is 1. The number of nitrogens with zero attached hydrogens (tertiary/aromatic N) is 2. The summed E-state index contributed by atoms with van der Waals surface area (Å²) in [4.78, 5) is 15.9. The van der Waals surface area contributed by atoms with Crippen molar-refractivity contribution in [3.63, 3.8) is 0 Å². The van der Waals surface area contributed by atoms with Gasteiger partial charge in [0.1, 0.15) is 5.51 Å². The molecule has 3 rings (SSSR count). The number of benzene rings is 1. The van der Waals surface area contributed by atoms with Crippen LogP contribution in [-0.2, 0) is 0 Å². The second kappa shape index (κ2) is 5.38. The molecule has 1 N–H and O–H groups in total. The van der Waals surface area contributed by atoms with Gasteiger partial charge in [-0.25, -0.2) is 0 Å². The molecule has 0 aliphatic heterocycles. The van der Waals surface area contributed by atoms with E-state index >= 15 is 0 Å². The molecule has 0 bridgehead atoms. The fourth-order valence-corrected chi connectivity index (χ4v) is 3.90. The number of ketones is 1. The Morgan fingerprint density at radius 1 is 1.40 bits per heavy atom. The molecule has 2 heterocycles. The zero-order chi connectivity index (χ0) is 14.1. The largest absolute Gasteiger partial charge is 0.358 e. The van der Waals surface area contributed by atoms with Crippen molar-refractivity contribution in [1.29, 1.82) is 0 Å². The first-order valence-electron chi connectivity index (χ1n) is 6.21. The highest BCUT2D eigenvalue weighted by Gasteiger charge is 2.22. The minimum atomic E-state index is -0.180. The molecule has 0 spiro atoms. The Bertz CT molecular complexity index is 749. The van der Waals surface area contributed by atoms with E-state index in [1.165, 1.54) is 23.1 Å². The molecule has 3 aromatic rings. The van der Waals surface area contributed by atoms with Gasteiger partial charge in [-0.2, -0.15) is 0 Å². The smallest absolute Gasteiger partial charge is 0.178 e. The summed E-state index contributed by atoms with van der Waals surface area (Å²) < 4.78 is 0.823. The van der Waals surface area contributed by atoms with Gasteiger partial charge in [0.2, 0.25) is 0 Å². The molecule has 0 saturated carbocycles. The molecule has 0 fully saturated rings. The number of rotatable bonds is 4. The normalized spacial score (nSPS) is 12.7. The number of aromatic nitrogens is 3. The van der Waals surface area contributed by atoms with Gasteiger partial charge in [-0.15, -0.1) is 10.2 Å². The van der Waals surface area contributed by atoms with Crippen LogP contribution in [0.5, 0.6) is 0 Å². The van der Waals surface area contributed by atoms with E-state index in [2.05, 4.69) is 15.2 Å². The number of thioether (sulfide) groups is 1. The van der Waals surface area contributed by atoms with Gasteiger partial charge in [0, 0.05) is 22.2 Å². The molecule has 0 unspecified atom stereocenters. The van der Waals surface area contributed by atoms with E-state index in [9.17, 15) is 4.79 Å². The predicted octanol–water partition coefficient (Wildman–Crippen LogP) is 3.69. The maximum absolute atomic E-state index is 12.7. The number of Topliss-reactive ketones (excluding diaryl/α,β-unsaturated/α-hetero) is 1. The molecule has 0 radical (unpaired) electrons. The Balaban J connectivity index is 1.94. The van der Waals surface area contributed by atoms with Crippen molar-refractivity contribution in [2.24, 2.45) is 0 Å². The minimum Gasteiger partial charge on any atom is -0.358 e. The lowest BCUT2D eigenvalue weighted by Gasteiger charge is -2.08. The quantitative estimate of drug-likeness (QED) is 0.590. The summed E-state index contributed by atoms with van der Waals surface area (Å²) in [5, 5.41) is 8.58. The topological polar surface area (TPSA) is 58.6 Å². The monoisotopic (exact) mass is 303 g/mol. The van der Waals surface area contributed by atoms with Gasteiger partial charge in [-0.05, 0) is 19.9 Å². The van der Waals surface area contributed by atoms with Gasteiger partial charge >= 0.3 is 0 Å². The molecule has 20 heavy (non-hydrogen) atoms. The van der Waals surface area contributed by atoms with Crippen LogP contribution in [-0.4, -0.2) is 26.2 Å². The van der Waals surface area contributed by atoms with Gasteiger partial charge in [-0.3, -0.25) is 4.79 Å². The van der Waals surface area contributed by atoms with Gasteiger partial charge in [-0.1, -0.05) is 41.3 Å². The number of carbonyl (C=O) groups excluding carboxylic acids is 1. The third kappa shape index (κ3) is 2.36. The zero-order valence-corrected chi connectivity index (χ0v) is 12.7. The highest BCUT2D eigenvalue weighted by Crippen LogP contribution is 2.30. The maximum Gasteiger partial charge on any atom is 0.178 e. The Hall–Kier alpha value is -1.66. The van der Waals surface area contributed by atoms with E-state index in [0.29, 0.717) is 0 Å². The van der Waals surface area contributed by atoms with Crippen molar-refractivity contribution in [2.75, 3.05) is 0 Å². The van der Waals surface area contributed by atoms with E-state index in [1.807, 2.05) is 38.1 Å². The van der Waals surface area contributed by atoms with E-state index in [-0.39, 0.29) is 11.0 Å². The number of nitrogens with one attached hydrogen (secondary N) is 1. The average Bonchev–Trinajstić information content (AvgIpc) is 3.04. The van der Waals surface area contributed by atoms with Gasteiger partial charge < -0.3 is 4.98 Å². The number of fused-ring (bicyclic) bond motifs is 1. The Labute approximate surface area is 124 Å². The zero-order valence-electron chi connectivity index (χ0n) is 11.1. The van der Waals surface area contributed by atoms with Crippen LogP contribution in [0.1, 0.15) is 23.0 Å². The molecule has 0 aliphatic rings. The van der Waals surface area contributed by atoms with Crippen LogP contribution in [0.25, 0.3) is 10.9 Å². The number of carbonyl (C=O) groups is 1. The SMILES string of the molecule is Cc1[nH]c2ccccc2c1C(=O)[C@@H](C)Sc1nncs1. The standard InChI is InChI=1S/C14H13N3OS2/c1-8-12(10-5-3-4-6-11(10)16-8)13(18)9(2)20-14-17-15-7-19-14/h3-7,9,16H,1-2H3/t9-/m1/s1. The molecule has 1 atom stereocenters.